The predicted octanol–water partition coefficient (Wildman–Crippen LogP) is 7.96. The minimum atomic E-state index is -0.186. The molecule has 0 aliphatic rings. The number of allylic oxidation sites excluding steroid dienone is 2. The highest BCUT2D eigenvalue weighted by Gasteiger charge is 1.96. The summed E-state index contributed by atoms with van der Waals surface area (Å²) in [6.07, 6.45) is 26.3. The Morgan fingerprint density at radius 3 is 1.48 bits per heavy atom. The van der Waals surface area contributed by atoms with E-state index in [1.807, 2.05) is 0 Å². The van der Waals surface area contributed by atoms with Crippen molar-refractivity contribution in [3.05, 3.63) is 12.2 Å². The highest BCUT2D eigenvalue weighted by Crippen LogP contribution is 2.12. The van der Waals surface area contributed by atoms with E-state index < -0.39 is 0 Å². The summed E-state index contributed by atoms with van der Waals surface area (Å²) in [6.45, 7) is 2.27. The fraction of sp³-hybridized carbons (Fsp3) is 0.857. The van der Waals surface area contributed by atoms with E-state index in [0.29, 0.717) is 6.42 Å². The normalized spacial score (nSPS) is 11.4. The molecule has 0 aliphatic carbocycles. The van der Waals surface area contributed by atoms with Gasteiger partial charge in [-0.15, -0.1) is 0 Å². The highest BCUT2D eigenvalue weighted by molar-refractivity contribution is 6.63. The van der Waals surface area contributed by atoms with E-state index in [-0.39, 0.29) is 5.24 Å². The van der Waals surface area contributed by atoms with Crippen LogP contribution in [0.15, 0.2) is 12.2 Å². The van der Waals surface area contributed by atoms with Crippen molar-refractivity contribution in [2.45, 2.75) is 116 Å². The number of hydrogen-bond donors (Lipinski definition) is 0. The average Bonchev–Trinajstić information content (AvgIpc) is 2.53. The zero-order valence-electron chi connectivity index (χ0n) is 15.5. The zero-order chi connectivity index (χ0) is 17.0. The third-order valence-corrected chi connectivity index (χ3v) is 4.57. The summed E-state index contributed by atoms with van der Waals surface area (Å²) in [7, 11) is 0. The van der Waals surface area contributed by atoms with Gasteiger partial charge >= 0.3 is 0 Å². The molecule has 0 bridgehead atoms. The molecule has 136 valence electrons. The van der Waals surface area contributed by atoms with Gasteiger partial charge in [-0.25, -0.2) is 0 Å². The highest BCUT2D eigenvalue weighted by atomic mass is 35.5. The van der Waals surface area contributed by atoms with Crippen LogP contribution in [0.3, 0.4) is 0 Å². The minimum Gasteiger partial charge on any atom is -0.281 e. The standard InChI is InChI=1S/C21H39ClO/c1-2-3-4-5-6-7-8-9-10-11-12-13-14-15-16-17-18-19-20-21(22)23/h9-10H,2-8,11-20H2,1H3/b10-9+. The SMILES string of the molecule is CCCCCCCC/C=C/CCCCCCCCCCC(=O)Cl. The van der Waals surface area contributed by atoms with Crippen LogP contribution in [-0.4, -0.2) is 5.24 Å². The first kappa shape index (κ1) is 22.7. The van der Waals surface area contributed by atoms with E-state index in [2.05, 4.69) is 19.1 Å². The summed E-state index contributed by atoms with van der Waals surface area (Å²) >= 11 is 5.31. The maximum Gasteiger partial charge on any atom is 0.221 e. The second-order valence-electron chi connectivity index (χ2n) is 6.75. The van der Waals surface area contributed by atoms with Crippen molar-refractivity contribution in [2.75, 3.05) is 0 Å². The van der Waals surface area contributed by atoms with Gasteiger partial charge in [-0.1, -0.05) is 89.7 Å². The van der Waals surface area contributed by atoms with Crippen molar-refractivity contribution in [1.82, 2.24) is 0 Å². The molecule has 0 heterocycles. The Balaban J connectivity index is 3.06. The number of carbonyl (C=O) groups is 1. The fourth-order valence-corrected chi connectivity index (χ4v) is 3.00. The molecule has 0 amide bonds. The van der Waals surface area contributed by atoms with Crippen molar-refractivity contribution in [1.29, 1.82) is 0 Å². The smallest absolute Gasteiger partial charge is 0.221 e. The van der Waals surface area contributed by atoms with Gasteiger partial charge in [0.2, 0.25) is 5.24 Å². The Hall–Kier alpha value is -0.300. The number of hydrogen-bond acceptors (Lipinski definition) is 1. The molecule has 0 aromatic heterocycles. The minimum absolute atomic E-state index is 0.186. The first-order valence-corrected chi connectivity index (χ1v) is 10.5. The van der Waals surface area contributed by atoms with Crippen LogP contribution in [0.25, 0.3) is 0 Å². The van der Waals surface area contributed by atoms with E-state index in [0.717, 1.165) is 12.8 Å². The van der Waals surface area contributed by atoms with Gasteiger partial charge < -0.3 is 0 Å². The first-order valence-electron chi connectivity index (χ1n) is 10.1. The Morgan fingerprint density at radius 1 is 0.652 bits per heavy atom. The van der Waals surface area contributed by atoms with Crippen LogP contribution in [0.5, 0.6) is 0 Å². The molecular weight excluding hydrogens is 304 g/mol. The maximum absolute atomic E-state index is 10.6. The third kappa shape index (κ3) is 21.7. The molecule has 0 unspecified atom stereocenters. The molecule has 0 aliphatic heterocycles. The second kappa shape index (κ2) is 19.7. The summed E-state index contributed by atoms with van der Waals surface area (Å²) in [4.78, 5) is 10.6. The molecular formula is C21H39ClO. The lowest BCUT2D eigenvalue weighted by atomic mass is 10.1. The van der Waals surface area contributed by atoms with E-state index in [4.69, 9.17) is 11.6 Å². The van der Waals surface area contributed by atoms with Crippen molar-refractivity contribution < 1.29 is 4.79 Å². The van der Waals surface area contributed by atoms with E-state index >= 15 is 0 Å². The van der Waals surface area contributed by atoms with Crippen LogP contribution < -0.4 is 0 Å². The molecule has 0 aromatic rings. The van der Waals surface area contributed by atoms with Crippen LogP contribution in [0.1, 0.15) is 116 Å². The van der Waals surface area contributed by atoms with Gasteiger partial charge in [-0.05, 0) is 43.7 Å². The predicted molar refractivity (Wildman–Crippen MR) is 104 cm³/mol. The van der Waals surface area contributed by atoms with E-state index in [1.165, 1.54) is 89.9 Å². The number of unbranched alkanes of at least 4 members (excludes halogenated alkanes) is 14. The quantitative estimate of drug-likeness (QED) is 0.140. The van der Waals surface area contributed by atoms with E-state index in [9.17, 15) is 4.79 Å². The molecule has 0 spiro atoms. The molecule has 0 rings (SSSR count). The van der Waals surface area contributed by atoms with E-state index in [1.54, 1.807) is 0 Å². The summed E-state index contributed by atoms with van der Waals surface area (Å²) < 4.78 is 0. The van der Waals surface area contributed by atoms with Gasteiger partial charge in [-0.2, -0.15) is 0 Å². The monoisotopic (exact) mass is 342 g/mol. The summed E-state index contributed by atoms with van der Waals surface area (Å²) in [5.41, 5.74) is 0. The van der Waals surface area contributed by atoms with Gasteiger partial charge in [0.15, 0.2) is 0 Å². The van der Waals surface area contributed by atoms with Crippen molar-refractivity contribution in [3.63, 3.8) is 0 Å². The van der Waals surface area contributed by atoms with Crippen molar-refractivity contribution in [2.24, 2.45) is 0 Å². The Kier molecular flexibility index (Phi) is 19.5. The lowest BCUT2D eigenvalue weighted by Crippen LogP contribution is -1.86. The summed E-state index contributed by atoms with van der Waals surface area (Å²) in [6, 6.07) is 0. The molecule has 0 saturated heterocycles. The van der Waals surface area contributed by atoms with Crippen molar-refractivity contribution >= 4 is 16.8 Å². The number of rotatable bonds is 18. The Labute approximate surface area is 150 Å². The maximum atomic E-state index is 10.6. The Bertz CT molecular complexity index is 273. The van der Waals surface area contributed by atoms with Crippen LogP contribution in [0.2, 0.25) is 0 Å². The molecule has 0 fully saturated rings. The summed E-state index contributed by atoms with van der Waals surface area (Å²) in [5.74, 6) is 0. The molecule has 0 atom stereocenters. The summed E-state index contributed by atoms with van der Waals surface area (Å²) in [5, 5.41) is -0.186. The van der Waals surface area contributed by atoms with Gasteiger partial charge in [0.1, 0.15) is 0 Å². The Morgan fingerprint density at radius 2 is 1.04 bits per heavy atom. The average molecular weight is 343 g/mol. The molecule has 0 N–H and O–H groups in total. The van der Waals surface area contributed by atoms with Gasteiger partial charge in [-0.3, -0.25) is 4.79 Å². The largest absolute Gasteiger partial charge is 0.281 e. The molecule has 0 saturated carbocycles. The van der Waals surface area contributed by atoms with Crippen LogP contribution in [0.4, 0.5) is 0 Å². The molecule has 23 heavy (non-hydrogen) atoms. The lowest BCUT2D eigenvalue weighted by molar-refractivity contribution is -0.111. The lowest BCUT2D eigenvalue weighted by Gasteiger charge is -2.01. The molecule has 0 aromatic carbocycles. The third-order valence-electron chi connectivity index (χ3n) is 4.39. The number of halogens is 1. The number of carbonyl (C=O) groups excluding carboxylic acids is 1. The first-order chi connectivity index (χ1) is 11.3. The topological polar surface area (TPSA) is 17.1 Å². The van der Waals surface area contributed by atoms with Crippen LogP contribution in [-0.2, 0) is 4.79 Å². The van der Waals surface area contributed by atoms with Gasteiger partial charge in [0.25, 0.3) is 0 Å². The van der Waals surface area contributed by atoms with Gasteiger partial charge in [0.05, 0.1) is 0 Å². The fourth-order valence-electron chi connectivity index (χ4n) is 2.87. The second-order valence-corrected chi connectivity index (χ2v) is 7.17. The van der Waals surface area contributed by atoms with Crippen LogP contribution in [0, 0.1) is 0 Å². The zero-order valence-corrected chi connectivity index (χ0v) is 16.2. The van der Waals surface area contributed by atoms with Crippen molar-refractivity contribution in [3.8, 4) is 0 Å². The van der Waals surface area contributed by atoms with Crippen LogP contribution >= 0.6 is 11.6 Å². The molecule has 0 radical (unpaired) electrons. The molecule has 1 nitrogen and oxygen atoms in total. The van der Waals surface area contributed by atoms with Gasteiger partial charge in [0, 0.05) is 6.42 Å². The molecule has 2 heteroatoms.